The number of esters is 2. The summed E-state index contributed by atoms with van der Waals surface area (Å²) in [6.07, 6.45) is 0. The summed E-state index contributed by atoms with van der Waals surface area (Å²) in [6, 6.07) is 5.87. The summed E-state index contributed by atoms with van der Waals surface area (Å²) in [5.41, 5.74) is 3.21. The minimum absolute atomic E-state index is 0.133. The molecule has 0 bridgehead atoms. The Kier molecular flexibility index (Phi) is 2.64. The highest BCUT2D eigenvalue weighted by Crippen LogP contribution is 2.20. The third kappa shape index (κ3) is 2.05. The second-order valence-corrected chi connectivity index (χ2v) is 3.97. The van der Waals surface area contributed by atoms with Crippen LogP contribution in [0, 0.1) is 13.8 Å². The Hall–Kier alpha value is -1.84. The Morgan fingerprint density at radius 2 is 1.69 bits per heavy atom. The van der Waals surface area contributed by atoms with E-state index in [1.165, 1.54) is 5.56 Å². The molecule has 1 fully saturated rings. The van der Waals surface area contributed by atoms with Gasteiger partial charge in [-0.15, -0.1) is 0 Å². The summed E-state index contributed by atoms with van der Waals surface area (Å²) in [5, 5.41) is 0. The highest BCUT2D eigenvalue weighted by Gasteiger charge is 2.24. The van der Waals surface area contributed by atoms with Crippen LogP contribution in [0.5, 0.6) is 0 Å². The van der Waals surface area contributed by atoms with Crippen molar-refractivity contribution in [3.63, 3.8) is 0 Å². The van der Waals surface area contributed by atoms with Gasteiger partial charge in [-0.1, -0.05) is 6.07 Å². The number of hydrogen-bond donors (Lipinski definition) is 0. The summed E-state index contributed by atoms with van der Waals surface area (Å²) in [5.74, 6) is -0.982. The Balaban J connectivity index is 2.26. The van der Waals surface area contributed by atoms with E-state index >= 15 is 0 Å². The van der Waals surface area contributed by atoms with Gasteiger partial charge in [0.05, 0.1) is 0 Å². The number of anilines is 1. The maximum absolute atomic E-state index is 11.1. The van der Waals surface area contributed by atoms with Gasteiger partial charge in [-0.05, 0) is 37.1 Å². The van der Waals surface area contributed by atoms with Crippen LogP contribution in [0.3, 0.4) is 0 Å². The first-order valence-electron chi connectivity index (χ1n) is 5.12. The number of hydrogen-bond acceptors (Lipinski definition) is 4. The molecule has 1 aliphatic heterocycles. The van der Waals surface area contributed by atoms with E-state index in [2.05, 4.69) is 4.74 Å². The number of cyclic esters (lactones) is 2. The third-order valence-corrected chi connectivity index (χ3v) is 2.72. The van der Waals surface area contributed by atoms with Crippen molar-refractivity contribution in [2.24, 2.45) is 0 Å². The molecule has 1 aromatic carbocycles. The molecule has 0 aliphatic carbocycles. The van der Waals surface area contributed by atoms with E-state index in [-0.39, 0.29) is 13.1 Å². The minimum atomic E-state index is -0.491. The lowest BCUT2D eigenvalue weighted by atomic mass is 10.1. The maximum atomic E-state index is 11.1. The fourth-order valence-electron chi connectivity index (χ4n) is 1.66. The molecule has 0 spiro atoms. The number of carbonyl (C=O) groups excluding carboxylic acids is 2. The number of rotatable bonds is 1. The predicted octanol–water partition coefficient (Wildman–Crippen LogP) is 1.19. The van der Waals surface area contributed by atoms with E-state index in [1.54, 1.807) is 4.90 Å². The molecule has 0 unspecified atom stereocenters. The first-order chi connectivity index (χ1) is 7.56. The molecule has 0 atom stereocenters. The fraction of sp³-hybridized carbons (Fsp3) is 0.333. The predicted molar refractivity (Wildman–Crippen MR) is 59.2 cm³/mol. The second-order valence-electron chi connectivity index (χ2n) is 3.97. The fourth-order valence-corrected chi connectivity index (χ4v) is 1.66. The van der Waals surface area contributed by atoms with Gasteiger partial charge in [0.25, 0.3) is 0 Å². The van der Waals surface area contributed by atoms with E-state index in [0.717, 1.165) is 11.3 Å². The van der Waals surface area contributed by atoms with Crippen LogP contribution in [-0.4, -0.2) is 25.0 Å². The molecule has 0 saturated carbocycles. The largest absolute Gasteiger partial charge is 0.390 e. The average molecular weight is 219 g/mol. The molecule has 1 saturated heterocycles. The number of benzene rings is 1. The summed E-state index contributed by atoms with van der Waals surface area (Å²) >= 11 is 0. The molecule has 84 valence electrons. The van der Waals surface area contributed by atoms with Gasteiger partial charge in [-0.25, -0.2) is 9.59 Å². The quantitative estimate of drug-likeness (QED) is 0.526. The molecular weight excluding hydrogens is 206 g/mol. The van der Waals surface area contributed by atoms with Crippen LogP contribution in [0.2, 0.25) is 0 Å². The second kappa shape index (κ2) is 3.96. The molecule has 4 heteroatoms. The van der Waals surface area contributed by atoms with Crippen molar-refractivity contribution in [2.45, 2.75) is 13.8 Å². The van der Waals surface area contributed by atoms with Gasteiger partial charge in [-0.2, -0.15) is 0 Å². The van der Waals surface area contributed by atoms with Gasteiger partial charge < -0.3 is 9.64 Å². The Bertz CT molecular complexity index is 438. The van der Waals surface area contributed by atoms with Gasteiger partial charge >= 0.3 is 11.9 Å². The van der Waals surface area contributed by atoms with Gasteiger partial charge in [0.2, 0.25) is 0 Å². The van der Waals surface area contributed by atoms with E-state index in [4.69, 9.17) is 0 Å². The standard InChI is InChI=1S/C12H13NO3/c1-8-3-4-10(5-9(8)2)13-6-11(14)16-12(15)7-13/h3-5H,6-7H2,1-2H3. The molecule has 1 heterocycles. The van der Waals surface area contributed by atoms with Crippen LogP contribution in [0.1, 0.15) is 11.1 Å². The van der Waals surface area contributed by atoms with Gasteiger partial charge in [-0.3, -0.25) is 0 Å². The number of morpholine rings is 1. The zero-order valence-electron chi connectivity index (χ0n) is 9.32. The lowest BCUT2D eigenvalue weighted by molar-refractivity contribution is -0.160. The van der Waals surface area contributed by atoms with Crippen molar-refractivity contribution in [1.82, 2.24) is 0 Å². The Morgan fingerprint density at radius 1 is 1.06 bits per heavy atom. The topological polar surface area (TPSA) is 46.6 Å². The molecule has 16 heavy (non-hydrogen) atoms. The number of aryl methyl sites for hydroxylation is 2. The SMILES string of the molecule is Cc1ccc(N2CC(=O)OC(=O)C2)cc1C. The van der Waals surface area contributed by atoms with Crippen molar-refractivity contribution in [3.8, 4) is 0 Å². The summed E-state index contributed by atoms with van der Waals surface area (Å²) < 4.78 is 4.47. The highest BCUT2D eigenvalue weighted by molar-refractivity contribution is 5.94. The monoisotopic (exact) mass is 219 g/mol. The average Bonchev–Trinajstić information content (AvgIpc) is 2.20. The van der Waals surface area contributed by atoms with Crippen molar-refractivity contribution in [3.05, 3.63) is 29.3 Å². The first-order valence-corrected chi connectivity index (χ1v) is 5.12. The van der Waals surface area contributed by atoms with Crippen molar-refractivity contribution in [1.29, 1.82) is 0 Å². The van der Waals surface area contributed by atoms with Gasteiger partial charge in [0, 0.05) is 5.69 Å². The number of carbonyl (C=O) groups is 2. The van der Waals surface area contributed by atoms with Crippen LogP contribution in [0.25, 0.3) is 0 Å². The number of nitrogens with zero attached hydrogens (tertiary/aromatic N) is 1. The molecule has 0 N–H and O–H groups in total. The number of ether oxygens (including phenoxy) is 1. The lowest BCUT2D eigenvalue weighted by Crippen LogP contribution is -2.42. The van der Waals surface area contributed by atoms with Crippen molar-refractivity contribution >= 4 is 17.6 Å². The lowest BCUT2D eigenvalue weighted by Gasteiger charge is -2.26. The molecule has 0 amide bonds. The molecule has 1 aliphatic rings. The van der Waals surface area contributed by atoms with E-state index in [1.807, 2.05) is 32.0 Å². The van der Waals surface area contributed by atoms with Crippen LogP contribution in [-0.2, 0) is 14.3 Å². The van der Waals surface area contributed by atoms with Gasteiger partial charge in [0.15, 0.2) is 0 Å². The molecule has 0 radical (unpaired) electrons. The normalized spacial score (nSPS) is 16.2. The molecule has 1 aromatic rings. The molecule has 0 aromatic heterocycles. The molecule has 4 nitrogen and oxygen atoms in total. The zero-order valence-corrected chi connectivity index (χ0v) is 9.32. The maximum Gasteiger partial charge on any atom is 0.333 e. The first kappa shape index (κ1) is 10.7. The Morgan fingerprint density at radius 3 is 2.25 bits per heavy atom. The third-order valence-electron chi connectivity index (χ3n) is 2.72. The van der Waals surface area contributed by atoms with E-state index in [9.17, 15) is 9.59 Å². The smallest absolute Gasteiger partial charge is 0.333 e. The van der Waals surface area contributed by atoms with Crippen LogP contribution in [0.15, 0.2) is 18.2 Å². The molecular formula is C12H13NO3. The summed E-state index contributed by atoms with van der Waals surface area (Å²) in [7, 11) is 0. The van der Waals surface area contributed by atoms with Crippen LogP contribution < -0.4 is 4.90 Å². The minimum Gasteiger partial charge on any atom is -0.390 e. The summed E-state index contributed by atoms with van der Waals surface area (Å²) in [4.78, 5) is 24.0. The van der Waals surface area contributed by atoms with Crippen molar-refractivity contribution < 1.29 is 14.3 Å². The van der Waals surface area contributed by atoms with Gasteiger partial charge in [0.1, 0.15) is 13.1 Å². The van der Waals surface area contributed by atoms with E-state index < -0.39 is 11.9 Å². The zero-order chi connectivity index (χ0) is 11.7. The Labute approximate surface area is 93.8 Å². The van der Waals surface area contributed by atoms with Crippen molar-refractivity contribution in [2.75, 3.05) is 18.0 Å². The molecule has 2 rings (SSSR count). The highest BCUT2D eigenvalue weighted by atomic mass is 16.6. The van der Waals surface area contributed by atoms with Crippen LogP contribution >= 0.6 is 0 Å². The van der Waals surface area contributed by atoms with Crippen LogP contribution in [0.4, 0.5) is 5.69 Å². The summed E-state index contributed by atoms with van der Waals surface area (Å²) in [6.45, 7) is 4.29. The van der Waals surface area contributed by atoms with E-state index in [0.29, 0.717) is 0 Å².